The predicted molar refractivity (Wildman–Crippen MR) is 146 cm³/mol. The second-order valence-corrected chi connectivity index (χ2v) is 10.4. The minimum atomic E-state index is -0.369. The van der Waals surface area contributed by atoms with Crippen LogP contribution in [0.5, 0.6) is 11.5 Å². The highest BCUT2D eigenvalue weighted by atomic mass is 79.9. The van der Waals surface area contributed by atoms with Crippen molar-refractivity contribution in [2.75, 3.05) is 19.5 Å². The van der Waals surface area contributed by atoms with Crippen LogP contribution in [0, 0.1) is 5.92 Å². The second-order valence-electron chi connectivity index (χ2n) is 8.76. The second kappa shape index (κ2) is 10.4. The fraction of sp³-hybridized carbons (Fsp3) is 0.250. The van der Waals surface area contributed by atoms with Crippen molar-refractivity contribution in [2.45, 2.75) is 25.0 Å². The number of hydrogen-bond acceptors (Lipinski definition) is 5. The molecule has 186 valence electrons. The van der Waals surface area contributed by atoms with Gasteiger partial charge in [0, 0.05) is 16.5 Å². The minimum absolute atomic E-state index is 0.0277. The summed E-state index contributed by atoms with van der Waals surface area (Å²) in [7, 11) is 3.01. The predicted octanol–water partition coefficient (Wildman–Crippen LogP) is 7.96. The number of carbonyl (C=O) groups excluding carboxylic acids is 1. The smallest absolute Gasteiger partial charge is 0.338 e. The number of allylic oxidation sites excluding steroid dienone is 2. The fourth-order valence-corrected chi connectivity index (χ4v) is 6.10. The first-order valence-electron chi connectivity index (χ1n) is 11.5. The lowest BCUT2D eigenvalue weighted by molar-refractivity contribution is 0.0598. The van der Waals surface area contributed by atoms with Crippen molar-refractivity contribution in [3.05, 3.63) is 97.5 Å². The van der Waals surface area contributed by atoms with E-state index in [2.05, 4.69) is 33.4 Å². The van der Waals surface area contributed by atoms with E-state index >= 15 is 0 Å². The molecular formula is C28H24BrCl2NO4. The van der Waals surface area contributed by atoms with Crippen molar-refractivity contribution in [2.24, 2.45) is 5.92 Å². The van der Waals surface area contributed by atoms with Crippen molar-refractivity contribution in [3.63, 3.8) is 0 Å². The third kappa shape index (κ3) is 4.47. The lowest BCUT2D eigenvalue weighted by atomic mass is 9.75. The molecule has 36 heavy (non-hydrogen) atoms. The summed E-state index contributed by atoms with van der Waals surface area (Å²) in [6.45, 7) is 0.309. The summed E-state index contributed by atoms with van der Waals surface area (Å²) in [4.78, 5) is 12.5. The van der Waals surface area contributed by atoms with Gasteiger partial charge < -0.3 is 19.5 Å². The zero-order chi connectivity index (χ0) is 25.4. The Hall–Kier alpha value is -2.67. The van der Waals surface area contributed by atoms with E-state index in [1.165, 1.54) is 7.11 Å². The Balaban J connectivity index is 1.51. The molecule has 8 heteroatoms. The largest absolute Gasteiger partial charge is 0.493 e. The highest BCUT2D eigenvalue weighted by Crippen LogP contribution is 2.54. The van der Waals surface area contributed by atoms with Crippen LogP contribution in [-0.4, -0.2) is 20.2 Å². The van der Waals surface area contributed by atoms with Crippen LogP contribution in [0.1, 0.15) is 45.4 Å². The monoisotopic (exact) mass is 587 g/mol. The number of esters is 1. The number of anilines is 1. The molecule has 0 saturated heterocycles. The van der Waals surface area contributed by atoms with Gasteiger partial charge in [-0.2, -0.15) is 0 Å². The third-order valence-corrected chi connectivity index (χ3v) is 8.09. The Morgan fingerprint density at radius 1 is 1.11 bits per heavy atom. The third-order valence-electron chi connectivity index (χ3n) is 6.81. The van der Waals surface area contributed by atoms with Gasteiger partial charge in [0.25, 0.3) is 0 Å². The van der Waals surface area contributed by atoms with Gasteiger partial charge in [-0.1, -0.05) is 53.6 Å². The quantitative estimate of drug-likeness (QED) is 0.234. The molecule has 5 rings (SSSR count). The first kappa shape index (κ1) is 25.0. The highest BCUT2D eigenvalue weighted by Gasteiger charge is 2.41. The summed E-state index contributed by atoms with van der Waals surface area (Å²) < 4.78 is 17.7. The van der Waals surface area contributed by atoms with Gasteiger partial charge in [-0.15, -0.1) is 0 Å². The van der Waals surface area contributed by atoms with Crippen LogP contribution < -0.4 is 14.8 Å². The lowest BCUT2D eigenvalue weighted by Gasteiger charge is -2.39. The van der Waals surface area contributed by atoms with Gasteiger partial charge in [-0.25, -0.2) is 4.79 Å². The van der Waals surface area contributed by atoms with E-state index < -0.39 is 0 Å². The summed E-state index contributed by atoms with van der Waals surface area (Å²) >= 11 is 16.6. The Bertz CT molecular complexity index is 1360. The number of methoxy groups -OCH3 is 2. The molecule has 0 unspecified atom stereocenters. The van der Waals surface area contributed by atoms with E-state index in [1.807, 2.05) is 36.4 Å². The molecule has 2 aliphatic rings. The van der Waals surface area contributed by atoms with E-state index in [9.17, 15) is 4.79 Å². The molecule has 1 heterocycles. The SMILES string of the molecule is COC(=O)c1ccc(Cl)c2c1[C@@H]1C=CC[C@@H]1[C@H](c1cc(Br)c(OCc3ccccc3Cl)c(OC)c1)N2. The highest BCUT2D eigenvalue weighted by molar-refractivity contribution is 9.10. The molecule has 0 aromatic heterocycles. The normalized spacial score (nSPS) is 19.8. The Morgan fingerprint density at radius 2 is 1.92 bits per heavy atom. The average Bonchev–Trinajstić information content (AvgIpc) is 3.38. The number of carbonyl (C=O) groups is 1. The zero-order valence-corrected chi connectivity index (χ0v) is 22.8. The average molecular weight is 589 g/mol. The van der Waals surface area contributed by atoms with Crippen molar-refractivity contribution in [1.82, 2.24) is 0 Å². The first-order chi connectivity index (χ1) is 17.4. The summed E-state index contributed by atoms with van der Waals surface area (Å²) in [5.41, 5.74) is 4.08. The maximum absolute atomic E-state index is 12.5. The van der Waals surface area contributed by atoms with Crippen LogP contribution in [0.4, 0.5) is 5.69 Å². The van der Waals surface area contributed by atoms with Crippen LogP contribution in [0.3, 0.4) is 0 Å². The zero-order valence-electron chi connectivity index (χ0n) is 19.7. The number of halogens is 3. The molecular weight excluding hydrogens is 565 g/mol. The van der Waals surface area contributed by atoms with E-state index in [4.69, 9.17) is 37.4 Å². The van der Waals surface area contributed by atoms with Crippen LogP contribution in [0.15, 0.2) is 65.2 Å². The fourth-order valence-electron chi connectivity index (χ4n) is 5.12. The molecule has 0 bridgehead atoms. The number of ether oxygens (including phenoxy) is 3. The number of benzene rings is 3. The molecule has 0 saturated carbocycles. The Morgan fingerprint density at radius 3 is 2.67 bits per heavy atom. The molecule has 1 aliphatic heterocycles. The first-order valence-corrected chi connectivity index (χ1v) is 13.0. The molecule has 0 amide bonds. The van der Waals surface area contributed by atoms with Crippen LogP contribution >= 0.6 is 39.1 Å². The Kier molecular flexibility index (Phi) is 7.20. The van der Waals surface area contributed by atoms with Crippen LogP contribution in [-0.2, 0) is 11.3 Å². The van der Waals surface area contributed by atoms with Crippen molar-refractivity contribution >= 4 is 50.8 Å². The van der Waals surface area contributed by atoms with Gasteiger partial charge in [-0.3, -0.25) is 0 Å². The number of hydrogen-bond donors (Lipinski definition) is 1. The molecule has 3 aromatic rings. The molecule has 3 atom stereocenters. The van der Waals surface area contributed by atoms with E-state index in [0.29, 0.717) is 33.7 Å². The molecule has 0 fully saturated rings. The maximum atomic E-state index is 12.5. The summed E-state index contributed by atoms with van der Waals surface area (Å²) in [5.74, 6) is 1.05. The topological polar surface area (TPSA) is 56.8 Å². The summed E-state index contributed by atoms with van der Waals surface area (Å²) in [6.07, 6.45) is 5.18. The Labute approximate surface area is 228 Å². The van der Waals surface area contributed by atoms with E-state index in [1.54, 1.807) is 19.2 Å². The van der Waals surface area contributed by atoms with Gasteiger partial charge in [0.05, 0.1) is 41.0 Å². The van der Waals surface area contributed by atoms with Gasteiger partial charge in [0.1, 0.15) is 6.61 Å². The maximum Gasteiger partial charge on any atom is 0.338 e. The minimum Gasteiger partial charge on any atom is -0.493 e. The molecule has 5 nitrogen and oxygen atoms in total. The molecule has 3 aromatic carbocycles. The number of rotatable bonds is 6. The van der Waals surface area contributed by atoms with Gasteiger partial charge in [0.15, 0.2) is 11.5 Å². The van der Waals surface area contributed by atoms with E-state index in [-0.39, 0.29) is 23.8 Å². The molecule has 1 N–H and O–H groups in total. The molecule has 1 aliphatic carbocycles. The van der Waals surface area contributed by atoms with Crippen molar-refractivity contribution < 1.29 is 19.0 Å². The standard InChI is InChI=1S/C28H24BrCl2NO4/c1-34-23-13-16(12-20(29)27(23)36-14-15-6-3-4-9-21(15)30)25-18-8-5-7-17(18)24-19(28(33)35-2)10-11-22(31)26(24)32-25/h3-7,9-13,17-18,25,32H,8,14H2,1-2H3/t17-,18+,25+/m1/s1. The lowest BCUT2D eigenvalue weighted by Crippen LogP contribution is -2.31. The molecule has 0 radical (unpaired) electrons. The van der Waals surface area contributed by atoms with Crippen molar-refractivity contribution in [3.8, 4) is 11.5 Å². The van der Waals surface area contributed by atoms with Crippen LogP contribution in [0.25, 0.3) is 0 Å². The van der Waals surface area contributed by atoms with E-state index in [0.717, 1.165) is 33.3 Å². The summed E-state index contributed by atoms with van der Waals surface area (Å²) in [5, 5.41) is 4.83. The van der Waals surface area contributed by atoms with Gasteiger partial charge in [-0.05, 0) is 69.7 Å². The van der Waals surface area contributed by atoms with Gasteiger partial charge >= 0.3 is 5.97 Å². The molecule has 0 spiro atoms. The van der Waals surface area contributed by atoms with Crippen LogP contribution in [0.2, 0.25) is 10.0 Å². The number of fused-ring (bicyclic) bond motifs is 3. The number of nitrogens with one attached hydrogen (secondary N) is 1. The van der Waals surface area contributed by atoms with Gasteiger partial charge in [0.2, 0.25) is 0 Å². The summed E-state index contributed by atoms with van der Waals surface area (Å²) in [6, 6.07) is 15.0. The van der Waals surface area contributed by atoms with Crippen molar-refractivity contribution in [1.29, 1.82) is 0 Å².